The summed E-state index contributed by atoms with van der Waals surface area (Å²) in [5.74, 6) is 1.07. The second-order valence-corrected chi connectivity index (χ2v) is 11.4. The number of allylic oxidation sites excluding steroid dienone is 3. The molecule has 0 spiro atoms. The van der Waals surface area contributed by atoms with E-state index >= 15 is 0 Å². The molecule has 33 heavy (non-hydrogen) atoms. The molecule has 174 valence electrons. The first-order valence-electron chi connectivity index (χ1n) is 11.2. The Morgan fingerprint density at radius 2 is 2.00 bits per heavy atom. The average Bonchev–Trinajstić information content (AvgIpc) is 3.21. The van der Waals surface area contributed by atoms with Crippen LogP contribution in [0.4, 0.5) is 0 Å². The fraction of sp³-hybridized carbons (Fsp3) is 0.385. The molecular formula is C26H28ClNO3S2. The minimum absolute atomic E-state index is 0.00976. The van der Waals surface area contributed by atoms with Crippen molar-refractivity contribution in [3.63, 3.8) is 0 Å². The average molecular weight is 502 g/mol. The summed E-state index contributed by atoms with van der Waals surface area (Å²) in [5, 5.41) is 4.08. The summed E-state index contributed by atoms with van der Waals surface area (Å²) in [4.78, 5) is 28.9. The van der Waals surface area contributed by atoms with Crippen molar-refractivity contribution in [2.24, 2.45) is 0 Å². The molecular weight excluding hydrogens is 474 g/mol. The van der Waals surface area contributed by atoms with Gasteiger partial charge in [-0.1, -0.05) is 36.7 Å². The molecule has 0 radical (unpaired) electrons. The number of hydrogen-bond donors (Lipinski definition) is 1. The van der Waals surface area contributed by atoms with Crippen LogP contribution in [0, 0.1) is 6.92 Å². The minimum atomic E-state index is -0.397. The van der Waals surface area contributed by atoms with E-state index in [4.69, 9.17) is 16.3 Å². The van der Waals surface area contributed by atoms with Crippen molar-refractivity contribution in [3.05, 3.63) is 79.3 Å². The zero-order valence-electron chi connectivity index (χ0n) is 19.1. The summed E-state index contributed by atoms with van der Waals surface area (Å²) in [5.41, 5.74) is 3.88. The lowest BCUT2D eigenvalue weighted by molar-refractivity contribution is -0.138. The molecule has 2 heterocycles. The highest BCUT2D eigenvalue weighted by atomic mass is 35.5. The lowest BCUT2D eigenvalue weighted by Gasteiger charge is -2.36. The van der Waals surface area contributed by atoms with Gasteiger partial charge in [0.15, 0.2) is 5.78 Å². The van der Waals surface area contributed by atoms with E-state index < -0.39 is 5.92 Å². The topological polar surface area (TPSA) is 55.4 Å². The van der Waals surface area contributed by atoms with Crippen LogP contribution < -0.4 is 5.32 Å². The first-order valence-corrected chi connectivity index (χ1v) is 13.5. The summed E-state index contributed by atoms with van der Waals surface area (Å²) >= 11 is 9.81. The van der Waals surface area contributed by atoms with Crippen molar-refractivity contribution in [2.45, 2.75) is 45.4 Å². The third-order valence-electron chi connectivity index (χ3n) is 6.10. The Morgan fingerprint density at radius 1 is 1.21 bits per heavy atom. The van der Waals surface area contributed by atoms with Gasteiger partial charge in [0.2, 0.25) is 0 Å². The number of nitrogens with one attached hydrogen (secondary N) is 1. The fourth-order valence-corrected chi connectivity index (χ4v) is 6.42. The molecule has 2 aromatic rings. The zero-order valence-corrected chi connectivity index (χ0v) is 21.5. The number of rotatable bonds is 7. The number of aryl methyl sites for hydroxylation is 1. The van der Waals surface area contributed by atoms with Crippen LogP contribution >= 0.6 is 34.7 Å². The number of ether oxygens (including phenoxy) is 1. The molecule has 0 saturated carbocycles. The number of ketones is 1. The molecule has 2 atom stereocenters. The lowest BCUT2D eigenvalue weighted by Crippen LogP contribution is -2.36. The standard InChI is InChI=1S/C26H28ClNO3S2/c1-4-32-12-11-31-26(30)23-16(3)28-20-13-17(18-7-5-6-8-19(18)27)14-21(29)24(20)25(23)22-10-9-15(2)33-22/h5-10,17,25,28H,4,11-14H2,1-3H3/t17-,25+/m1/s1. The normalized spacial score (nSPS) is 20.5. The second kappa shape index (κ2) is 10.5. The molecule has 1 aliphatic heterocycles. The number of benzene rings is 1. The van der Waals surface area contributed by atoms with E-state index in [9.17, 15) is 9.59 Å². The molecule has 0 fully saturated rings. The number of hydrogen-bond acceptors (Lipinski definition) is 6. The van der Waals surface area contributed by atoms with Crippen molar-refractivity contribution in [1.82, 2.24) is 5.32 Å². The van der Waals surface area contributed by atoms with E-state index in [1.165, 1.54) is 0 Å². The number of esters is 1. The highest BCUT2D eigenvalue weighted by molar-refractivity contribution is 7.99. The Hall–Kier alpha value is -2.02. The molecule has 0 amide bonds. The van der Waals surface area contributed by atoms with E-state index in [1.807, 2.05) is 50.2 Å². The molecule has 2 aliphatic rings. The molecule has 0 saturated heterocycles. The van der Waals surface area contributed by atoms with E-state index in [-0.39, 0.29) is 17.7 Å². The number of carbonyl (C=O) groups is 2. The molecule has 1 N–H and O–H groups in total. The number of thiophene rings is 1. The van der Waals surface area contributed by atoms with Crippen LogP contribution in [0.1, 0.15) is 53.8 Å². The fourth-order valence-electron chi connectivity index (χ4n) is 4.64. The van der Waals surface area contributed by atoms with Gasteiger partial charge < -0.3 is 10.1 Å². The summed E-state index contributed by atoms with van der Waals surface area (Å²) in [6, 6.07) is 11.8. The van der Waals surface area contributed by atoms with Gasteiger partial charge >= 0.3 is 5.97 Å². The summed E-state index contributed by atoms with van der Waals surface area (Å²) < 4.78 is 5.63. The smallest absolute Gasteiger partial charge is 0.336 e. The van der Waals surface area contributed by atoms with Crippen molar-refractivity contribution in [1.29, 1.82) is 0 Å². The monoisotopic (exact) mass is 501 g/mol. The SMILES string of the molecule is CCSCCOC(=O)C1=C(C)NC2=C(C(=O)C[C@H](c3ccccc3Cl)C2)[C@H]1c1ccc(C)s1. The quantitative estimate of drug-likeness (QED) is 0.353. The second-order valence-electron chi connectivity index (χ2n) is 8.32. The summed E-state index contributed by atoms with van der Waals surface area (Å²) in [7, 11) is 0. The van der Waals surface area contributed by atoms with Crippen molar-refractivity contribution < 1.29 is 14.3 Å². The first-order chi connectivity index (χ1) is 15.9. The largest absolute Gasteiger partial charge is 0.461 e. The lowest BCUT2D eigenvalue weighted by atomic mass is 9.73. The van der Waals surface area contributed by atoms with Gasteiger partial charge in [-0.25, -0.2) is 4.79 Å². The number of thioether (sulfide) groups is 1. The summed E-state index contributed by atoms with van der Waals surface area (Å²) in [6.07, 6.45) is 1.05. The van der Waals surface area contributed by atoms with Gasteiger partial charge in [-0.15, -0.1) is 11.3 Å². The van der Waals surface area contributed by atoms with Crippen LogP contribution in [0.5, 0.6) is 0 Å². The molecule has 4 nitrogen and oxygen atoms in total. The molecule has 0 bridgehead atoms. The first kappa shape index (κ1) is 24.1. The van der Waals surface area contributed by atoms with Gasteiger partial charge in [-0.2, -0.15) is 11.8 Å². The van der Waals surface area contributed by atoms with Gasteiger partial charge in [-0.05, 0) is 55.7 Å². The molecule has 1 aromatic carbocycles. The maximum Gasteiger partial charge on any atom is 0.336 e. The summed E-state index contributed by atoms with van der Waals surface area (Å²) in [6.45, 7) is 6.38. The van der Waals surface area contributed by atoms with Crippen molar-refractivity contribution in [2.75, 3.05) is 18.1 Å². The maximum atomic E-state index is 13.6. The number of dihydropyridines is 1. The van der Waals surface area contributed by atoms with Crippen molar-refractivity contribution >= 4 is 46.5 Å². The molecule has 1 aliphatic carbocycles. The van der Waals surface area contributed by atoms with Gasteiger partial charge in [0, 0.05) is 43.9 Å². The van der Waals surface area contributed by atoms with Crippen LogP contribution in [0.3, 0.4) is 0 Å². The van der Waals surface area contributed by atoms with Crippen LogP contribution in [-0.4, -0.2) is 29.9 Å². The molecule has 4 rings (SSSR count). The van der Waals surface area contributed by atoms with E-state index in [1.54, 1.807) is 23.1 Å². The minimum Gasteiger partial charge on any atom is -0.461 e. The number of halogens is 1. The Bertz CT molecular complexity index is 1130. The van der Waals surface area contributed by atoms with Gasteiger partial charge in [-0.3, -0.25) is 4.79 Å². The molecule has 0 unspecified atom stereocenters. The Labute approximate surface area is 208 Å². The highest BCUT2D eigenvalue weighted by Gasteiger charge is 2.42. The Balaban J connectivity index is 1.70. The van der Waals surface area contributed by atoms with Crippen molar-refractivity contribution in [3.8, 4) is 0 Å². The van der Waals surface area contributed by atoms with Crippen LogP contribution in [-0.2, 0) is 14.3 Å². The predicted octanol–water partition coefficient (Wildman–Crippen LogP) is 6.37. The van der Waals surface area contributed by atoms with E-state index in [0.29, 0.717) is 35.6 Å². The van der Waals surface area contributed by atoms with Gasteiger partial charge in [0.25, 0.3) is 0 Å². The highest BCUT2D eigenvalue weighted by Crippen LogP contribution is 2.47. The molecule has 1 aromatic heterocycles. The Kier molecular flexibility index (Phi) is 7.67. The third kappa shape index (κ3) is 5.08. The van der Waals surface area contributed by atoms with Crippen LogP contribution in [0.2, 0.25) is 5.02 Å². The predicted molar refractivity (Wildman–Crippen MR) is 137 cm³/mol. The van der Waals surface area contributed by atoms with E-state index in [2.05, 4.69) is 12.2 Å². The number of carbonyl (C=O) groups excluding carboxylic acids is 2. The third-order valence-corrected chi connectivity index (χ3v) is 8.38. The maximum absolute atomic E-state index is 13.6. The van der Waals surface area contributed by atoms with E-state index in [0.717, 1.165) is 38.2 Å². The Morgan fingerprint density at radius 3 is 2.70 bits per heavy atom. The van der Waals surface area contributed by atoms with Gasteiger partial charge in [0.1, 0.15) is 6.61 Å². The zero-order chi connectivity index (χ0) is 23.5. The van der Waals surface area contributed by atoms with Gasteiger partial charge in [0.05, 0.1) is 11.5 Å². The van der Waals surface area contributed by atoms with Crippen LogP contribution in [0.25, 0.3) is 0 Å². The van der Waals surface area contributed by atoms with Crippen LogP contribution in [0.15, 0.2) is 58.9 Å². The number of Topliss-reactive ketones (excluding diaryl/α,β-unsaturated/α-hetero) is 1. The molecule has 7 heteroatoms.